The summed E-state index contributed by atoms with van der Waals surface area (Å²) in [4.78, 5) is 15.8. The van der Waals surface area contributed by atoms with E-state index in [1.807, 2.05) is 18.2 Å². The normalized spacial score (nSPS) is 11.7. The highest BCUT2D eigenvalue weighted by Crippen LogP contribution is 2.43. The standard InChI is InChI=1S/C55H34N4/c1-3-15-36(16-4-1)43-26-14-28-45-49(59-50-33-40-22-9-7-20-38(40)31-47(50)48-32-39-21-8-10-23-41(39)34-51(48)59)30-29-46(52(43)45)55-57-53(37-18-5-2-6-19-37)56-54(58-55)44-27-13-24-35-17-11-12-25-42(35)44/h1-34H. The minimum Gasteiger partial charge on any atom is -0.309 e. The summed E-state index contributed by atoms with van der Waals surface area (Å²) in [5.74, 6) is 1.90. The Morgan fingerprint density at radius 3 is 1.42 bits per heavy atom. The van der Waals surface area contributed by atoms with E-state index in [0.29, 0.717) is 17.5 Å². The zero-order valence-electron chi connectivity index (χ0n) is 31.9. The monoisotopic (exact) mass is 750 g/mol. The van der Waals surface area contributed by atoms with Crippen molar-refractivity contribution in [3.05, 3.63) is 206 Å². The molecular weight excluding hydrogens is 717 g/mol. The van der Waals surface area contributed by atoms with Crippen LogP contribution in [0.4, 0.5) is 0 Å². The van der Waals surface area contributed by atoms with Gasteiger partial charge in [0.05, 0.1) is 16.7 Å². The zero-order valence-corrected chi connectivity index (χ0v) is 31.9. The van der Waals surface area contributed by atoms with Crippen LogP contribution >= 0.6 is 0 Å². The summed E-state index contributed by atoms with van der Waals surface area (Å²) in [6.07, 6.45) is 0. The van der Waals surface area contributed by atoms with E-state index in [1.165, 1.54) is 32.3 Å². The van der Waals surface area contributed by atoms with E-state index in [2.05, 4.69) is 193 Å². The molecule has 0 amide bonds. The number of hydrogen-bond acceptors (Lipinski definition) is 3. The highest BCUT2D eigenvalue weighted by atomic mass is 15.0. The second-order valence-electron chi connectivity index (χ2n) is 15.2. The van der Waals surface area contributed by atoms with Crippen molar-refractivity contribution in [1.82, 2.24) is 19.5 Å². The first-order valence-electron chi connectivity index (χ1n) is 20.0. The first kappa shape index (κ1) is 33.2. The van der Waals surface area contributed by atoms with Gasteiger partial charge < -0.3 is 4.57 Å². The molecule has 0 aliphatic heterocycles. The number of rotatable bonds is 5. The zero-order chi connectivity index (χ0) is 38.9. The van der Waals surface area contributed by atoms with Crippen LogP contribution < -0.4 is 0 Å². The fourth-order valence-electron chi connectivity index (χ4n) is 9.03. The highest BCUT2D eigenvalue weighted by Gasteiger charge is 2.22. The lowest BCUT2D eigenvalue weighted by molar-refractivity contribution is 1.08. The first-order chi connectivity index (χ1) is 29.2. The van der Waals surface area contributed by atoms with Gasteiger partial charge in [0, 0.05) is 38.2 Å². The molecule has 59 heavy (non-hydrogen) atoms. The topological polar surface area (TPSA) is 43.6 Å². The molecule has 0 radical (unpaired) electrons. The Labute approximate surface area is 340 Å². The molecule has 0 N–H and O–H groups in total. The molecule has 274 valence electrons. The quantitative estimate of drug-likeness (QED) is 0.176. The van der Waals surface area contributed by atoms with Gasteiger partial charge in [0.2, 0.25) is 0 Å². The van der Waals surface area contributed by atoms with E-state index in [4.69, 9.17) is 15.0 Å². The van der Waals surface area contributed by atoms with Gasteiger partial charge in [-0.1, -0.05) is 170 Å². The van der Waals surface area contributed by atoms with Crippen LogP contribution in [0.5, 0.6) is 0 Å². The van der Waals surface area contributed by atoms with Crippen molar-refractivity contribution >= 4 is 64.9 Å². The van der Waals surface area contributed by atoms with Crippen molar-refractivity contribution in [3.63, 3.8) is 0 Å². The van der Waals surface area contributed by atoms with Crippen LogP contribution in [0.2, 0.25) is 0 Å². The largest absolute Gasteiger partial charge is 0.309 e. The summed E-state index contributed by atoms with van der Waals surface area (Å²) in [6, 6.07) is 73.5. The molecule has 10 aromatic carbocycles. The second kappa shape index (κ2) is 13.3. The second-order valence-corrected chi connectivity index (χ2v) is 15.2. The first-order valence-corrected chi connectivity index (χ1v) is 20.0. The molecule has 4 nitrogen and oxygen atoms in total. The number of benzene rings is 10. The Morgan fingerprint density at radius 1 is 0.288 bits per heavy atom. The van der Waals surface area contributed by atoms with Crippen LogP contribution in [-0.2, 0) is 0 Å². The smallest absolute Gasteiger partial charge is 0.164 e. The molecule has 0 aliphatic carbocycles. The van der Waals surface area contributed by atoms with Gasteiger partial charge in [-0.2, -0.15) is 0 Å². The van der Waals surface area contributed by atoms with Crippen molar-refractivity contribution in [2.24, 2.45) is 0 Å². The maximum atomic E-state index is 5.37. The van der Waals surface area contributed by atoms with Gasteiger partial charge in [-0.15, -0.1) is 0 Å². The third-order valence-corrected chi connectivity index (χ3v) is 11.8. The lowest BCUT2D eigenvalue weighted by Gasteiger charge is -2.18. The summed E-state index contributed by atoms with van der Waals surface area (Å²) in [5.41, 5.74) is 8.52. The Kier molecular flexibility index (Phi) is 7.50. The third kappa shape index (κ3) is 5.42. The van der Waals surface area contributed by atoms with E-state index in [1.54, 1.807) is 0 Å². The molecule has 2 heterocycles. The molecular formula is C55H34N4. The van der Waals surface area contributed by atoms with Gasteiger partial charge in [-0.05, 0) is 79.8 Å². The Hall–Kier alpha value is -7.95. The van der Waals surface area contributed by atoms with Crippen LogP contribution in [-0.4, -0.2) is 19.5 Å². The summed E-state index contributed by atoms with van der Waals surface area (Å²) in [7, 11) is 0. The van der Waals surface area contributed by atoms with Gasteiger partial charge in [0.25, 0.3) is 0 Å². The molecule has 0 saturated carbocycles. The third-order valence-electron chi connectivity index (χ3n) is 11.8. The van der Waals surface area contributed by atoms with Gasteiger partial charge in [0.1, 0.15) is 0 Å². The van der Waals surface area contributed by atoms with Gasteiger partial charge >= 0.3 is 0 Å². The fourth-order valence-corrected chi connectivity index (χ4v) is 9.03. The molecule has 0 atom stereocenters. The number of fused-ring (bicyclic) bond motifs is 7. The summed E-state index contributed by atoms with van der Waals surface area (Å²) in [6.45, 7) is 0. The van der Waals surface area contributed by atoms with E-state index in [-0.39, 0.29) is 0 Å². The van der Waals surface area contributed by atoms with Crippen LogP contribution in [0.15, 0.2) is 206 Å². The van der Waals surface area contributed by atoms with Gasteiger partial charge in [-0.3, -0.25) is 0 Å². The van der Waals surface area contributed by atoms with E-state index < -0.39 is 0 Å². The van der Waals surface area contributed by atoms with Crippen molar-refractivity contribution in [2.75, 3.05) is 0 Å². The number of hydrogen-bond donors (Lipinski definition) is 0. The number of nitrogens with zero attached hydrogens (tertiary/aromatic N) is 4. The van der Waals surface area contributed by atoms with Crippen molar-refractivity contribution < 1.29 is 0 Å². The highest BCUT2D eigenvalue weighted by molar-refractivity contribution is 6.18. The molecule has 12 aromatic rings. The molecule has 0 unspecified atom stereocenters. The van der Waals surface area contributed by atoms with E-state index in [0.717, 1.165) is 66.1 Å². The minimum atomic E-state index is 0.626. The lowest BCUT2D eigenvalue weighted by Crippen LogP contribution is -2.02. The van der Waals surface area contributed by atoms with Crippen LogP contribution in [0, 0.1) is 0 Å². The molecule has 2 aromatic heterocycles. The maximum absolute atomic E-state index is 5.37. The fraction of sp³-hybridized carbons (Fsp3) is 0. The van der Waals surface area contributed by atoms with Crippen LogP contribution in [0.25, 0.3) is 116 Å². The van der Waals surface area contributed by atoms with Gasteiger partial charge in [0.15, 0.2) is 17.5 Å². The lowest BCUT2D eigenvalue weighted by atomic mass is 9.93. The average molecular weight is 751 g/mol. The van der Waals surface area contributed by atoms with Crippen LogP contribution in [0.3, 0.4) is 0 Å². The van der Waals surface area contributed by atoms with Crippen LogP contribution in [0.1, 0.15) is 0 Å². The molecule has 0 saturated heterocycles. The molecule has 0 aliphatic rings. The Bertz CT molecular complexity index is 3510. The predicted octanol–water partition coefficient (Wildman–Crippen LogP) is 14.2. The summed E-state index contributed by atoms with van der Waals surface area (Å²) < 4.78 is 2.47. The van der Waals surface area contributed by atoms with Crippen molar-refractivity contribution in [1.29, 1.82) is 0 Å². The molecule has 0 bridgehead atoms. The minimum absolute atomic E-state index is 0.626. The van der Waals surface area contributed by atoms with E-state index >= 15 is 0 Å². The molecule has 4 heteroatoms. The summed E-state index contributed by atoms with van der Waals surface area (Å²) in [5, 5.41) is 11.8. The van der Waals surface area contributed by atoms with Gasteiger partial charge in [-0.25, -0.2) is 15.0 Å². The van der Waals surface area contributed by atoms with E-state index in [9.17, 15) is 0 Å². The van der Waals surface area contributed by atoms with Crippen molar-refractivity contribution in [2.45, 2.75) is 0 Å². The predicted molar refractivity (Wildman–Crippen MR) is 246 cm³/mol. The average Bonchev–Trinajstić information content (AvgIpc) is 3.60. The molecule has 0 fully saturated rings. The number of aromatic nitrogens is 4. The Morgan fingerprint density at radius 2 is 0.763 bits per heavy atom. The Balaban J connectivity index is 1.20. The maximum Gasteiger partial charge on any atom is 0.164 e. The SMILES string of the molecule is c1ccc(-c2nc(-c3cccc4ccccc34)nc(-c3ccc(-n4c5cc6ccccc6cc5c5cc6ccccc6cc54)c4cccc(-c5ccccc5)c34)n2)cc1. The molecule has 12 rings (SSSR count). The molecule has 0 spiro atoms. The summed E-state index contributed by atoms with van der Waals surface area (Å²) >= 11 is 0. The van der Waals surface area contributed by atoms with Crippen molar-refractivity contribution in [3.8, 4) is 51.0 Å².